The number of piperidine rings is 1. The number of aromatic nitrogens is 1. The van der Waals surface area contributed by atoms with Crippen molar-refractivity contribution in [3.8, 4) is 0 Å². The largest absolute Gasteiger partial charge is 0.480 e. The number of hydrogen-bond donors (Lipinski definition) is 1. The third-order valence-corrected chi connectivity index (χ3v) is 6.79. The Kier molecular flexibility index (Phi) is 5.37. The van der Waals surface area contributed by atoms with Crippen LogP contribution in [0.3, 0.4) is 0 Å². The molecular weight excluding hydrogens is 403 g/mol. The number of rotatable bonds is 4. The van der Waals surface area contributed by atoms with Gasteiger partial charge in [-0.2, -0.15) is 0 Å². The molecule has 0 bridgehead atoms. The number of benzene rings is 2. The van der Waals surface area contributed by atoms with E-state index < -0.39 is 12.0 Å². The smallest absolute Gasteiger partial charge is 0.320 e. The Morgan fingerprint density at radius 3 is 2.74 bits per heavy atom. The molecule has 0 spiro atoms. The van der Waals surface area contributed by atoms with Crippen LogP contribution in [0.1, 0.15) is 35.9 Å². The van der Waals surface area contributed by atoms with Crippen LogP contribution in [0.5, 0.6) is 0 Å². The first-order chi connectivity index (χ1) is 13.0. The standard InChI is InChI=1S/C20H18Cl2N2O2S/c21-13-9-8-12(11-14(13)22)18(24-10-4-3-6-16(24)20(25)26)19-23-15-5-1-2-7-17(15)27-19/h1-2,5,7-9,11,16,18H,3-4,6,10H2,(H,25,26). The Morgan fingerprint density at radius 1 is 1.19 bits per heavy atom. The molecule has 0 saturated carbocycles. The van der Waals surface area contributed by atoms with E-state index in [0.717, 1.165) is 33.6 Å². The van der Waals surface area contributed by atoms with E-state index in [9.17, 15) is 9.90 Å². The van der Waals surface area contributed by atoms with E-state index >= 15 is 0 Å². The minimum atomic E-state index is -0.791. The molecule has 4 nitrogen and oxygen atoms in total. The minimum Gasteiger partial charge on any atom is -0.480 e. The molecule has 1 aliphatic rings. The van der Waals surface area contributed by atoms with Gasteiger partial charge in [-0.25, -0.2) is 4.98 Å². The van der Waals surface area contributed by atoms with Gasteiger partial charge in [0.25, 0.3) is 0 Å². The topological polar surface area (TPSA) is 53.4 Å². The van der Waals surface area contributed by atoms with Gasteiger partial charge in [-0.3, -0.25) is 9.69 Å². The lowest BCUT2D eigenvalue weighted by atomic mass is 9.96. The molecular formula is C20H18Cl2N2O2S. The van der Waals surface area contributed by atoms with Crippen LogP contribution in [-0.4, -0.2) is 33.5 Å². The van der Waals surface area contributed by atoms with Gasteiger partial charge in [0.2, 0.25) is 0 Å². The van der Waals surface area contributed by atoms with E-state index in [1.54, 1.807) is 17.4 Å². The Balaban J connectivity index is 1.85. The zero-order valence-corrected chi connectivity index (χ0v) is 16.8. The highest BCUT2D eigenvalue weighted by molar-refractivity contribution is 7.18. The summed E-state index contributed by atoms with van der Waals surface area (Å²) in [6, 6.07) is 12.7. The van der Waals surface area contributed by atoms with E-state index in [1.165, 1.54) is 0 Å². The predicted molar refractivity (Wildman–Crippen MR) is 110 cm³/mol. The Morgan fingerprint density at radius 2 is 2.00 bits per heavy atom. The highest BCUT2D eigenvalue weighted by Crippen LogP contribution is 2.39. The van der Waals surface area contributed by atoms with Crippen LogP contribution < -0.4 is 0 Å². The third-order valence-electron chi connectivity index (χ3n) is 4.96. The zero-order valence-electron chi connectivity index (χ0n) is 14.4. The molecule has 1 saturated heterocycles. The van der Waals surface area contributed by atoms with E-state index in [4.69, 9.17) is 28.2 Å². The monoisotopic (exact) mass is 420 g/mol. The van der Waals surface area contributed by atoms with Crippen LogP contribution in [-0.2, 0) is 4.79 Å². The number of nitrogens with zero attached hydrogens (tertiary/aromatic N) is 2. The van der Waals surface area contributed by atoms with E-state index in [2.05, 4.69) is 0 Å². The van der Waals surface area contributed by atoms with Crippen molar-refractivity contribution in [3.05, 3.63) is 63.1 Å². The summed E-state index contributed by atoms with van der Waals surface area (Å²) in [5.74, 6) is -0.791. The first kappa shape index (κ1) is 18.7. The molecule has 0 amide bonds. The number of carboxylic acid groups (broad SMARTS) is 1. The van der Waals surface area contributed by atoms with Gasteiger partial charge in [0.1, 0.15) is 11.0 Å². The molecule has 7 heteroatoms. The van der Waals surface area contributed by atoms with Crippen LogP contribution >= 0.6 is 34.5 Å². The summed E-state index contributed by atoms with van der Waals surface area (Å²) in [7, 11) is 0. The lowest BCUT2D eigenvalue weighted by Gasteiger charge is -2.38. The quantitative estimate of drug-likeness (QED) is 0.593. The molecule has 27 heavy (non-hydrogen) atoms. The normalized spacial score (nSPS) is 19.3. The molecule has 2 atom stereocenters. The second-order valence-corrected chi connectivity index (χ2v) is 8.56. The molecule has 1 aromatic heterocycles. The molecule has 3 aromatic rings. The molecule has 1 N–H and O–H groups in total. The fourth-order valence-corrected chi connectivity index (χ4v) is 5.12. The van der Waals surface area contributed by atoms with Crippen LogP contribution in [0.2, 0.25) is 10.0 Å². The number of halogens is 2. The minimum absolute atomic E-state index is 0.265. The number of aliphatic carboxylic acids is 1. The van der Waals surface area contributed by atoms with E-state index in [0.29, 0.717) is 23.0 Å². The van der Waals surface area contributed by atoms with Crippen molar-refractivity contribution in [2.45, 2.75) is 31.3 Å². The molecule has 2 heterocycles. The number of fused-ring (bicyclic) bond motifs is 1. The zero-order chi connectivity index (χ0) is 19.0. The summed E-state index contributed by atoms with van der Waals surface area (Å²) in [4.78, 5) is 18.8. The number of hydrogen-bond acceptors (Lipinski definition) is 4. The van der Waals surface area contributed by atoms with Crippen molar-refractivity contribution in [1.29, 1.82) is 0 Å². The molecule has 1 fully saturated rings. The second kappa shape index (κ2) is 7.76. The highest BCUT2D eigenvalue weighted by atomic mass is 35.5. The predicted octanol–water partition coefficient (Wildman–Crippen LogP) is 5.63. The summed E-state index contributed by atoms with van der Waals surface area (Å²) in [5, 5.41) is 11.6. The Bertz CT molecular complexity index is 958. The van der Waals surface area contributed by atoms with Crippen LogP contribution in [0, 0.1) is 0 Å². The number of likely N-dealkylation sites (tertiary alicyclic amines) is 1. The number of carbonyl (C=O) groups is 1. The SMILES string of the molecule is O=C(O)C1CCCCN1C(c1ccc(Cl)c(Cl)c1)c1nc2ccccc2s1. The van der Waals surface area contributed by atoms with Crippen molar-refractivity contribution < 1.29 is 9.90 Å². The maximum absolute atomic E-state index is 11.9. The van der Waals surface area contributed by atoms with Crippen LogP contribution in [0.15, 0.2) is 42.5 Å². The number of carboxylic acids is 1. The maximum atomic E-state index is 11.9. The molecule has 2 aromatic carbocycles. The van der Waals surface area contributed by atoms with Gasteiger partial charge in [0.05, 0.1) is 26.3 Å². The third kappa shape index (κ3) is 3.69. The van der Waals surface area contributed by atoms with Crippen molar-refractivity contribution in [3.63, 3.8) is 0 Å². The van der Waals surface area contributed by atoms with Crippen molar-refractivity contribution in [2.75, 3.05) is 6.54 Å². The van der Waals surface area contributed by atoms with Crippen molar-refractivity contribution in [2.24, 2.45) is 0 Å². The van der Waals surface area contributed by atoms with E-state index in [-0.39, 0.29) is 6.04 Å². The number of thiazole rings is 1. The van der Waals surface area contributed by atoms with Gasteiger partial charge in [-0.05, 0) is 42.7 Å². The summed E-state index contributed by atoms with van der Waals surface area (Å²) in [5.41, 5.74) is 1.84. The first-order valence-electron chi connectivity index (χ1n) is 8.83. The first-order valence-corrected chi connectivity index (χ1v) is 10.4. The van der Waals surface area contributed by atoms with Crippen LogP contribution in [0.4, 0.5) is 0 Å². The van der Waals surface area contributed by atoms with Gasteiger partial charge in [0.15, 0.2) is 0 Å². The van der Waals surface area contributed by atoms with Gasteiger partial charge in [-0.1, -0.05) is 47.8 Å². The Labute approximate surface area is 171 Å². The Hall–Kier alpha value is -1.66. The molecule has 140 valence electrons. The fourth-order valence-electron chi connectivity index (χ4n) is 3.69. The van der Waals surface area contributed by atoms with Crippen molar-refractivity contribution >= 4 is 50.7 Å². The average molecular weight is 421 g/mol. The average Bonchev–Trinajstić information content (AvgIpc) is 3.08. The summed E-state index contributed by atoms with van der Waals surface area (Å²) in [6.07, 6.45) is 2.52. The second-order valence-electron chi connectivity index (χ2n) is 6.68. The van der Waals surface area contributed by atoms with Gasteiger partial charge < -0.3 is 5.11 Å². The lowest BCUT2D eigenvalue weighted by Crippen LogP contribution is -2.46. The molecule has 4 rings (SSSR count). The maximum Gasteiger partial charge on any atom is 0.320 e. The summed E-state index contributed by atoms with van der Waals surface area (Å²) < 4.78 is 1.08. The van der Waals surface area contributed by atoms with Crippen LogP contribution in [0.25, 0.3) is 10.2 Å². The lowest BCUT2D eigenvalue weighted by molar-refractivity contribution is -0.145. The van der Waals surface area contributed by atoms with Gasteiger partial charge >= 0.3 is 5.97 Å². The van der Waals surface area contributed by atoms with Gasteiger partial charge in [0, 0.05) is 6.54 Å². The molecule has 0 radical (unpaired) electrons. The molecule has 0 aliphatic carbocycles. The van der Waals surface area contributed by atoms with E-state index in [1.807, 2.05) is 41.3 Å². The summed E-state index contributed by atoms with van der Waals surface area (Å²) in [6.45, 7) is 0.706. The highest BCUT2D eigenvalue weighted by Gasteiger charge is 2.36. The van der Waals surface area contributed by atoms with Gasteiger partial charge in [-0.15, -0.1) is 11.3 Å². The van der Waals surface area contributed by atoms with Crippen molar-refractivity contribution in [1.82, 2.24) is 9.88 Å². The molecule has 1 aliphatic heterocycles. The number of para-hydroxylation sites is 1. The fraction of sp³-hybridized carbons (Fsp3) is 0.300. The molecule has 2 unspecified atom stereocenters. The summed E-state index contributed by atoms with van der Waals surface area (Å²) >= 11 is 14.0.